The summed E-state index contributed by atoms with van der Waals surface area (Å²) in [7, 11) is 1.93. The minimum atomic E-state index is 0.0678. The van der Waals surface area contributed by atoms with Crippen LogP contribution in [0.3, 0.4) is 0 Å². The van der Waals surface area contributed by atoms with Gasteiger partial charge in [0.1, 0.15) is 0 Å². The molecule has 1 rings (SSSR count). The maximum atomic E-state index is 11.5. The Labute approximate surface area is 103 Å². The first-order chi connectivity index (χ1) is 8.11. The molecule has 0 heterocycles. The summed E-state index contributed by atoms with van der Waals surface area (Å²) in [5, 5.41) is 2.86. The third kappa shape index (κ3) is 5.36. The molecule has 3 N–H and O–H groups in total. The standard InChI is InChI=1S/C13H21N3O/c1-3-7-15-13(17)10-16(2)9-11-5-4-6-12(14)8-11/h4-6,8H,3,7,9-10,14H2,1-2H3,(H,15,17). The van der Waals surface area contributed by atoms with Gasteiger partial charge in [-0.3, -0.25) is 9.69 Å². The van der Waals surface area contributed by atoms with Crippen LogP contribution in [0.1, 0.15) is 18.9 Å². The van der Waals surface area contributed by atoms with Crippen LogP contribution in [-0.4, -0.2) is 30.9 Å². The average molecular weight is 235 g/mol. The summed E-state index contributed by atoms with van der Waals surface area (Å²) in [6.45, 7) is 3.92. The Morgan fingerprint density at radius 2 is 2.24 bits per heavy atom. The highest BCUT2D eigenvalue weighted by Gasteiger charge is 2.06. The molecule has 0 bridgehead atoms. The summed E-state index contributed by atoms with van der Waals surface area (Å²) >= 11 is 0. The number of hydrogen-bond acceptors (Lipinski definition) is 3. The van der Waals surface area contributed by atoms with Crippen LogP contribution in [0, 0.1) is 0 Å². The molecule has 0 radical (unpaired) electrons. The minimum Gasteiger partial charge on any atom is -0.399 e. The quantitative estimate of drug-likeness (QED) is 0.729. The number of rotatable bonds is 6. The van der Waals surface area contributed by atoms with Gasteiger partial charge in [0, 0.05) is 18.8 Å². The van der Waals surface area contributed by atoms with E-state index in [1.54, 1.807) is 0 Å². The Morgan fingerprint density at radius 3 is 2.88 bits per heavy atom. The van der Waals surface area contributed by atoms with Crippen molar-refractivity contribution in [2.75, 3.05) is 25.9 Å². The van der Waals surface area contributed by atoms with Gasteiger partial charge in [0.15, 0.2) is 0 Å². The van der Waals surface area contributed by atoms with Gasteiger partial charge in [-0.1, -0.05) is 19.1 Å². The summed E-state index contributed by atoms with van der Waals surface area (Å²) in [5.74, 6) is 0.0678. The Hall–Kier alpha value is -1.55. The van der Waals surface area contributed by atoms with Crippen molar-refractivity contribution in [3.63, 3.8) is 0 Å². The van der Waals surface area contributed by atoms with Crippen LogP contribution in [0.25, 0.3) is 0 Å². The van der Waals surface area contributed by atoms with Crippen molar-refractivity contribution in [1.82, 2.24) is 10.2 Å². The number of hydrogen-bond donors (Lipinski definition) is 2. The second-order valence-electron chi connectivity index (χ2n) is 4.27. The molecule has 0 saturated heterocycles. The van der Waals surface area contributed by atoms with E-state index < -0.39 is 0 Å². The van der Waals surface area contributed by atoms with Crippen LogP contribution in [0.15, 0.2) is 24.3 Å². The van der Waals surface area contributed by atoms with Crippen molar-refractivity contribution in [2.24, 2.45) is 0 Å². The van der Waals surface area contributed by atoms with Crippen molar-refractivity contribution in [1.29, 1.82) is 0 Å². The largest absolute Gasteiger partial charge is 0.399 e. The van der Waals surface area contributed by atoms with Gasteiger partial charge >= 0.3 is 0 Å². The molecular weight excluding hydrogens is 214 g/mol. The zero-order valence-electron chi connectivity index (χ0n) is 10.6. The van der Waals surface area contributed by atoms with Gasteiger partial charge < -0.3 is 11.1 Å². The monoisotopic (exact) mass is 235 g/mol. The molecule has 1 aromatic rings. The third-order valence-corrected chi connectivity index (χ3v) is 2.39. The first-order valence-corrected chi connectivity index (χ1v) is 5.91. The smallest absolute Gasteiger partial charge is 0.234 e. The van der Waals surface area contributed by atoms with E-state index >= 15 is 0 Å². The molecule has 0 aliphatic rings. The lowest BCUT2D eigenvalue weighted by Crippen LogP contribution is -2.35. The van der Waals surface area contributed by atoms with Crippen LogP contribution in [0.2, 0.25) is 0 Å². The van der Waals surface area contributed by atoms with E-state index in [1.807, 2.05) is 43.1 Å². The van der Waals surface area contributed by atoms with Crippen molar-refractivity contribution in [2.45, 2.75) is 19.9 Å². The molecule has 0 saturated carbocycles. The molecule has 4 nitrogen and oxygen atoms in total. The van der Waals surface area contributed by atoms with Gasteiger partial charge in [-0.25, -0.2) is 0 Å². The summed E-state index contributed by atoms with van der Waals surface area (Å²) in [6, 6.07) is 7.73. The normalized spacial score (nSPS) is 10.5. The summed E-state index contributed by atoms with van der Waals surface area (Å²) < 4.78 is 0. The summed E-state index contributed by atoms with van der Waals surface area (Å²) in [4.78, 5) is 13.5. The van der Waals surface area contributed by atoms with Crippen LogP contribution in [0.5, 0.6) is 0 Å². The molecule has 1 amide bonds. The highest BCUT2D eigenvalue weighted by Crippen LogP contribution is 2.08. The number of carbonyl (C=O) groups excluding carboxylic acids is 1. The highest BCUT2D eigenvalue weighted by molar-refractivity contribution is 5.77. The molecule has 0 unspecified atom stereocenters. The molecule has 0 fully saturated rings. The number of likely N-dealkylation sites (N-methyl/N-ethyl adjacent to an activating group) is 1. The Bertz CT molecular complexity index is 365. The third-order valence-electron chi connectivity index (χ3n) is 2.39. The zero-order chi connectivity index (χ0) is 12.7. The van der Waals surface area contributed by atoms with Crippen molar-refractivity contribution in [3.05, 3.63) is 29.8 Å². The van der Waals surface area contributed by atoms with Crippen LogP contribution in [-0.2, 0) is 11.3 Å². The fourth-order valence-corrected chi connectivity index (χ4v) is 1.62. The predicted octanol–water partition coefficient (Wildman–Crippen LogP) is 1.23. The lowest BCUT2D eigenvalue weighted by molar-refractivity contribution is -0.122. The fourth-order valence-electron chi connectivity index (χ4n) is 1.62. The Morgan fingerprint density at radius 1 is 1.47 bits per heavy atom. The number of benzene rings is 1. The Balaban J connectivity index is 2.39. The number of carbonyl (C=O) groups is 1. The fraction of sp³-hybridized carbons (Fsp3) is 0.462. The zero-order valence-corrected chi connectivity index (χ0v) is 10.6. The molecular formula is C13H21N3O. The average Bonchev–Trinajstić information content (AvgIpc) is 2.26. The van der Waals surface area contributed by atoms with Gasteiger partial charge in [-0.05, 0) is 31.2 Å². The van der Waals surface area contributed by atoms with Crippen LogP contribution >= 0.6 is 0 Å². The minimum absolute atomic E-state index is 0.0678. The van der Waals surface area contributed by atoms with Crippen molar-refractivity contribution in [3.8, 4) is 0 Å². The molecule has 17 heavy (non-hydrogen) atoms. The number of amides is 1. The van der Waals surface area contributed by atoms with E-state index in [4.69, 9.17) is 5.73 Å². The Kier molecular flexibility index (Phi) is 5.49. The van der Waals surface area contributed by atoms with Crippen LogP contribution in [0.4, 0.5) is 5.69 Å². The van der Waals surface area contributed by atoms with Gasteiger partial charge in [0.25, 0.3) is 0 Å². The number of nitrogens with one attached hydrogen (secondary N) is 1. The maximum Gasteiger partial charge on any atom is 0.234 e. The molecule has 94 valence electrons. The second kappa shape index (κ2) is 6.91. The molecule has 4 heteroatoms. The second-order valence-corrected chi connectivity index (χ2v) is 4.27. The molecule has 0 atom stereocenters. The number of nitrogens with two attached hydrogens (primary N) is 1. The summed E-state index contributed by atoms with van der Waals surface area (Å²) in [5.41, 5.74) is 7.58. The van der Waals surface area contributed by atoms with Gasteiger partial charge in [-0.15, -0.1) is 0 Å². The van der Waals surface area contributed by atoms with Gasteiger partial charge in [0.05, 0.1) is 6.54 Å². The van der Waals surface area contributed by atoms with E-state index in [-0.39, 0.29) is 5.91 Å². The lowest BCUT2D eigenvalue weighted by atomic mass is 10.2. The topological polar surface area (TPSA) is 58.4 Å². The predicted molar refractivity (Wildman–Crippen MR) is 70.5 cm³/mol. The van der Waals surface area contributed by atoms with Gasteiger partial charge in [0.2, 0.25) is 5.91 Å². The number of nitrogen functional groups attached to an aromatic ring is 1. The first-order valence-electron chi connectivity index (χ1n) is 5.91. The van der Waals surface area contributed by atoms with Gasteiger partial charge in [-0.2, -0.15) is 0 Å². The van der Waals surface area contributed by atoms with Crippen molar-refractivity contribution >= 4 is 11.6 Å². The molecule has 1 aromatic carbocycles. The highest BCUT2D eigenvalue weighted by atomic mass is 16.2. The SMILES string of the molecule is CCCNC(=O)CN(C)Cc1cccc(N)c1. The first kappa shape index (κ1) is 13.5. The molecule has 0 spiro atoms. The van der Waals surface area contributed by atoms with Crippen molar-refractivity contribution < 1.29 is 4.79 Å². The number of anilines is 1. The molecule has 0 aliphatic heterocycles. The van der Waals surface area contributed by atoms with E-state index in [2.05, 4.69) is 5.32 Å². The maximum absolute atomic E-state index is 11.5. The lowest BCUT2D eigenvalue weighted by Gasteiger charge is -2.16. The van der Waals surface area contributed by atoms with Crippen LogP contribution < -0.4 is 11.1 Å². The molecule has 0 aliphatic carbocycles. The van der Waals surface area contributed by atoms with E-state index in [9.17, 15) is 4.79 Å². The number of nitrogens with zero attached hydrogens (tertiary/aromatic N) is 1. The van der Waals surface area contributed by atoms with E-state index in [0.29, 0.717) is 6.54 Å². The molecule has 0 aromatic heterocycles. The van der Waals surface area contributed by atoms with E-state index in [0.717, 1.165) is 30.8 Å². The summed E-state index contributed by atoms with van der Waals surface area (Å²) in [6.07, 6.45) is 0.963. The van der Waals surface area contributed by atoms with E-state index in [1.165, 1.54) is 0 Å².